The van der Waals surface area contributed by atoms with E-state index in [9.17, 15) is 14.4 Å². The van der Waals surface area contributed by atoms with Gasteiger partial charge in [0.2, 0.25) is 0 Å². The summed E-state index contributed by atoms with van der Waals surface area (Å²) >= 11 is 0. The molecule has 0 aliphatic rings. The van der Waals surface area contributed by atoms with Crippen molar-refractivity contribution in [2.45, 2.75) is 6.92 Å². The van der Waals surface area contributed by atoms with Gasteiger partial charge in [0.1, 0.15) is 17.2 Å². The van der Waals surface area contributed by atoms with Gasteiger partial charge in [-0.25, -0.2) is 9.48 Å². The van der Waals surface area contributed by atoms with Crippen molar-refractivity contribution in [1.82, 2.24) is 9.36 Å². The number of carbonyl (C=O) groups excluding carboxylic acids is 2. The van der Waals surface area contributed by atoms with Gasteiger partial charge in [-0.05, 0) is 55.5 Å². The van der Waals surface area contributed by atoms with E-state index in [0.29, 0.717) is 22.9 Å². The number of rotatable bonds is 7. The first kappa shape index (κ1) is 22.6. The van der Waals surface area contributed by atoms with E-state index in [0.717, 1.165) is 0 Å². The Labute approximate surface area is 196 Å². The number of amides is 1. The first-order valence-electron chi connectivity index (χ1n) is 10.6. The Balaban J connectivity index is 1.37. The molecule has 1 heterocycles. The van der Waals surface area contributed by atoms with Gasteiger partial charge in [0.05, 0.1) is 16.9 Å². The van der Waals surface area contributed by atoms with Crippen molar-refractivity contribution < 1.29 is 19.1 Å². The number of carbonyl (C=O) groups is 2. The molecule has 0 aliphatic heterocycles. The molecule has 172 valence electrons. The highest BCUT2D eigenvalue weighted by Gasteiger charge is 2.19. The number of benzene rings is 3. The Bertz CT molecular complexity index is 1360. The lowest BCUT2D eigenvalue weighted by Gasteiger charge is -2.08. The largest absolute Gasteiger partial charge is 0.457 e. The lowest BCUT2D eigenvalue weighted by atomic mass is 10.2. The van der Waals surface area contributed by atoms with Crippen molar-refractivity contribution in [2.24, 2.45) is 7.05 Å². The molecule has 1 aromatic heterocycles. The molecule has 0 unspecified atom stereocenters. The maximum absolute atomic E-state index is 12.9. The highest BCUT2D eigenvalue weighted by Crippen LogP contribution is 2.21. The summed E-state index contributed by atoms with van der Waals surface area (Å²) < 4.78 is 13.9. The van der Waals surface area contributed by atoms with E-state index >= 15 is 0 Å². The SMILES string of the molecule is Cc1c(NC(=O)COC(=O)c2ccc(Oc3ccccc3)cc2)c(=O)n(-c2ccccc2)n1C. The number of para-hydroxylation sites is 2. The molecule has 0 saturated carbocycles. The van der Waals surface area contributed by atoms with Crippen molar-refractivity contribution in [3.05, 3.63) is 107 Å². The average molecular weight is 457 g/mol. The average Bonchev–Trinajstić information content (AvgIpc) is 3.07. The normalized spacial score (nSPS) is 10.5. The highest BCUT2D eigenvalue weighted by atomic mass is 16.5. The van der Waals surface area contributed by atoms with Gasteiger partial charge in [0.15, 0.2) is 6.61 Å². The molecule has 8 nitrogen and oxygen atoms in total. The minimum absolute atomic E-state index is 0.134. The molecule has 0 saturated heterocycles. The molecule has 0 atom stereocenters. The second-order valence-electron chi connectivity index (χ2n) is 7.50. The van der Waals surface area contributed by atoms with Gasteiger partial charge in [-0.15, -0.1) is 0 Å². The maximum Gasteiger partial charge on any atom is 0.338 e. The second-order valence-corrected chi connectivity index (χ2v) is 7.50. The molecule has 1 amide bonds. The van der Waals surface area contributed by atoms with Gasteiger partial charge in [-0.2, -0.15) is 0 Å². The van der Waals surface area contributed by atoms with Crippen LogP contribution < -0.4 is 15.6 Å². The van der Waals surface area contributed by atoms with Crippen LogP contribution in [0.25, 0.3) is 5.69 Å². The molecule has 0 spiro atoms. The zero-order valence-corrected chi connectivity index (χ0v) is 18.7. The van der Waals surface area contributed by atoms with Crippen LogP contribution in [0.2, 0.25) is 0 Å². The fraction of sp³-hybridized carbons (Fsp3) is 0.115. The van der Waals surface area contributed by atoms with Crippen molar-refractivity contribution in [1.29, 1.82) is 0 Å². The first-order valence-corrected chi connectivity index (χ1v) is 10.6. The zero-order valence-electron chi connectivity index (χ0n) is 18.7. The van der Waals surface area contributed by atoms with Crippen LogP contribution in [0.15, 0.2) is 89.7 Å². The van der Waals surface area contributed by atoms with Crippen LogP contribution in [0.4, 0.5) is 5.69 Å². The monoisotopic (exact) mass is 457 g/mol. The van der Waals surface area contributed by atoms with Gasteiger partial charge >= 0.3 is 5.97 Å². The second kappa shape index (κ2) is 9.91. The van der Waals surface area contributed by atoms with Gasteiger partial charge in [0.25, 0.3) is 11.5 Å². The van der Waals surface area contributed by atoms with Crippen LogP contribution in [0.1, 0.15) is 16.1 Å². The fourth-order valence-corrected chi connectivity index (χ4v) is 3.39. The molecule has 0 bridgehead atoms. The predicted molar refractivity (Wildman–Crippen MR) is 128 cm³/mol. The Kier molecular flexibility index (Phi) is 6.59. The topological polar surface area (TPSA) is 91.6 Å². The van der Waals surface area contributed by atoms with Crippen LogP contribution in [-0.2, 0) is 16.6 Å². The summed E-state index contributed by atoms with van der Waals surface area (Å²) in [6.07, 6.45) is 0. The maximum atomic E-state index is 12.9. The smallest absolute Gasteiger partial charge is 0.338 e. The van der Waals surface area contributed by atoms with Crippen LogP contribution >= 0.6 is 0 Å². The number of anilines is 1. The van der Waals surface area contributed by atoms with E-state index in [1.165, 1.54) is 4.68 Å². The molecule has 0 radical (unpaired) electrons. The van der Waals surface area contributed by atoms with E-state index < -0.39 is 18.5 Å². The van der Waals surface area contributed by atoms with Gasteiger partial charge in [-0.1, -0.05) is 36.4 Å². The van der Waals surface area contributed by atoms with Crippen molar-refractivity contribution in [3.8, 4) is 17.2 Å². The van der Waals surface area contributed by atoms with Crippen LogP contribution in [0, 0.1) is 6.92 Å². The van der Waals surface area contributed by atoms with Gasteiger partial charge in [-0.3, -0.25) is 14.3 Å². The Hall–Kier alpha value is -4.59. The minimum Gasteiger partial charge on any atom is -0.457 e. The summed E-state index contributed by atoms with van der Waals surface area (Å²) in [5.41, 5.74) is 1.28. The van der Waals surface area contributed by atoms with E-state index in [-0.39, 0.29) is 16.8 Å². The third-order valence-corrected chi connectivity index (χ3v) is 5.22. The molecular weight excluding hydrogens is 434 g/mol. The van der Waals surface area contributed by atoms with E-state index in [2.05, 4.69) is 5.32 Å². The summed E-state index contributed by atoms with van der Waals surface area (Å²) in [5.74, 6) is -0.0249. The quantitative estimate of drug-likeness (QED) is 0.423. The third-order valence-electron chi connectivity index (χ3n) is 5.22. The molecule has 4 rings (SSSR count). The van der Waals surface area contributed by atoms with Gasteiger partial charge in [0, 0.05) is 7.05 Å². The molecule has 0 fully saturated rings. The third kappa shape index (κ3) is 4.91. The number of ether oxygens (including phenoxy) is 2. The van der Waals surface area contributed by atoms with Crippen LogP contribution in [-0.4, -0.2) is 27.8 Å². The number of nitrogens with one attached hydrogen (secondary N) is 1. The van der Waals surface area contributed by atoms with Crippen molar-refractivity contribution in [2.75, 3.05) is 11.9 Å². The fourth-order valence-electron chi connectivity index (χ4n) is 3.39. The summed E-state index contributed by atoms with van der Waals surface area (Å²) in [6.45, 7) is 1.20. The molecular formula is C26H23N3O5. The lowest BCUT2D eigenvalue weighted by molar-refractivity contribution is -0.119. The van der Waals surface area contributed by atoms with E-state index in [1.54, 1.807) is 55.1 Å². The van der Waals surface area contributed by atoms with Crippen LogP contribution in [0.3, 0.4) is 0 Å². The molecule has 1 N–H and O–H groups in total. The molecule has 0 aliphatic carbocycles. The van der Waals surface area contributed by atoms with Crippen molar-refractivity contribution in [3.63, 3.8) is 0 Å². The Morgan fingerprint density at radius 1 is 0.853 bits per heavy atom. The number of hydrogen-bond donors (Lipinski definition) is 1. The lowest BCUT2D eigenvalue weighted by Crippen LogP contribution is -2.25. The molecule has 4 aromatic rings. The summed E-state index contributed by atoms with van der Waals surface area (Å²) in [4.78, 5) is 37.6. The molecule has 3 aromatic carbocycles. The summed E-state index contributed by atoms with van der Waals surface area (Å²) in [7, 11) is 1.73. The number of aromatic nitrogens is 2. The van der Waals surface area contributed by atoms with E-state index in [4.69, 9.17) is 9.47 Å². The standard InChI is InChI=1S/C26H23N3O5/c1-18-24(25(31)29(28(18)2)20-9-5-3-6-10-20)27-23(30)17-33-26(32)19-13-15-22(16-14-19)34-21-11-7-4-8-12-21/h3-16H,17H2,1-2H3,(H,27,30). The van der Waals surface area contributed by atoms with Crippen molar-refractivity contribution >= 4 is 17.6 Å². The minimum atomic E-state index is -0.659. The first-order chi connectivity index (χ1) is 16.4. The zero-order chi connectivity index (χ0) is 24.1. The molecule has 8 heteroatoms. The Morgan fingerprint density at radius 3 is 2.09 bits per heavy atom. The summed E-state index contributed by atoms with van der Waals surface area (Å²) in [5, 5.41) is 2.56. The number of hydrogen-bond acceptors (Lipinski definition) is 5. The predicted octanol–water partition coefficient (Wildman–Crippen LogP) is 4.07. The number of nitrogens with zero attached hydrogens (tertiary/aromatic N) is 2. The highest BCUT2D eigenvalue weighted by molar-refractivity contribution is 5.95. The Morgan fingerprint density at radius 2 is 1.44 bits per heavy atom. The van der Waals surface area contributed by atoms with Crippen LogP contribution in [0.5, 0.6) is 11.5 Å². The van der Waals surface area contributed by atoms with Gasteiger partial charge < -0.3 is 14.8 Å². The summed E-state index contributed by atoms with van der Waals surface area (Å²) in [6, 6.07) is 24.7. The van der Waals surface area contributed by atoms with E-state index in [1.807, 2.05) is 48.5 Å². The number of esters is 1. The molecule has 34 heavy (non-hydrogen) atoms.